The lowest BCUT2D eigenvalue weighted by Gasteiger charge is -2.23. The summed E-state index contributed by atoms with van der Waals surface area (Å²) in [6.07, 6.45) is 61.9. The van der Waals surface area contributed by atoms with Gasteiger partial charge in [0.15, 0.2) is 0 Å². The lowest BCUT2D eigenvalue weighted by Crippen LogP contribution is -2.33. The van der Waals surface area contributed by atoms with E-state index in [0.717, 1.165) is 159 Å². The summed E-state index contributed by atoms with van der Waals surface area (Å²) in [5.74, 6) is 17.7. The molecule has 6 heteroatoms. The molecule has 94 heavy (non-hydrogen) atoms. The van der Waals surface area contributed by atoms with Crippen molar-refractivity contribution in [2.45, 2.75) is 378 Å². The predicted octanol–water partition coefficient (Wildman–Crippen LogP) is 25.1. The van der Waals surface area contributed by atoms with Crippen molar-refractivity contribution in [3.8, 4) is 0 Å². The number of ether oxygens (including phenoxy) is 4. The molecule has 5 aliphatic rings. The Hall–Kier alpha value is -0.240. The number of aliphatic hydroxyl groups excluding tert-OH is 1. The number of likely N-dealkylation sites (N-methyl/N-ethyl adjacent to an activating group) is 1. The zero-order valence-electron chi connectivity index (χ0n) is 66.0. The Morgan fingerprint density at radius 2 is 0.511 bits per heavy atom. The predicted molar refractivity (Wildman–Crippen MR) is 408 cm³/mol. The lowest BCUT2D eigenvalue weighted by molar-refractivity contribution is -0.0471. The summed E-state index contributed by atoms with van der Waals surface area (Å²) in [5.41, 5.74) is 0. The summed E-state index contributed by atoms with van der Waals surface area (Å²) in [6.45, 7) is 35.9. The lowest BCUT2D eigenvalue weighted by atomic mass is 9.84. The summed E-state index contributed by atoms with van der Waals surface area (Å²) >= 11 is 0. The summed E-state index contributed by atoms with van der Waals surface area (Å²) < 4.78 is 25.2. The summed E-state index contributed by atoms with van der Waals surface area (Å²) in [5, 5.41) is 10.1. The highest BCUT2D eigenvalue weighted by molar-refractivity contribution is 4.84. The Morgan fingerprint density at radius 3 is 0.787 bits per heavy atom. The van der Waals surface area contributed by atoms with E-state index in [0.29, 0.717) is 18.4 Å². The third-order valence-corrected chi connectivity index (χ3v) is 27.3. The first-order chi connectivity index (χ1) is 45.3. The molecule has 18 unspecified atom stereocenters. The largest absolute Gasteiger partial charge is 0.394 e. The van der Waals surface area contributed by atoms with Crippen molar-refractivity contribution in [2.24, 2.45) is 118 Å². The van der Waals surface area contributed by atoms with Crippen LogP contribution in [0.3, 0.4) is 0 Å². The maximum Gasteiger partial charge on any atom is 0.104 e. The van der Waals surface area contributed by atoms with Gasteiger partial charge in [-0.05, 0) is 210 Å². The Balaban J connectivity index is 0.975. The molecule has 1 saturated heterocycles. The van der Waals surface area contributed by atoms with Gasteiger partial charge in [0.25, 0.3) is 0 Å². The van der Waals surface area contributed by atoms with E-state index >= 15 is 0 Å². The van der Waals surface area contributed by atoms with Gasteiger partial charge in [-0.1, -0.05) is 289 Å². The smallest absolute Gasteiger partial charge is 0.104 e. The van der Waals surface area contributed by atoms with E-state index in [4.69, 9.17) is 18.9 Å². The Labute approximate surface area is 588 Å². The second-order valence-electron chi connectivity index (χ2n) is 36.8. The monoisotopic (exact) mass is 1320 g/mol. The van der Waals surface area contributed by atoms with Gasteiger partial charge >= 0.3 is 0 Å². The number of hydrogen-bond donors (Lipinski definition) is 1. The van der Waals surface area contributed by atoms with Crippen LogP contribution in [0.5, 0.6) is 0 Å². The molecule has 0 aromatic heterocycles. The van der Waals surface area contributed by atoms with Crippen LogP contribution in [0.4, 0.5) is 0 Å². The van der Waals surface area contributed by atoms with Crippen molar-refractivity contribution in [1.82, 2.24) is 4.90 Å². The number of fused-ring (bicyclic) bond motifs is 8. The van der Waals surface area contributed by atoms with E-state index in [2.05, 4.69) is 102 Å². The van der Waals surface area contributed by atoms with Crippen LogP contribution in [0.1, 0.15) is 366 Å². The molecule has 6 nitrogen and oxygen atoms in total. The summed E-state index contributed by atoms with van der Waals surface area (Å²) in [4.78, 5) is 2.28. The SMILES string of the molecule is CC1CCCC2CCC(C2)C(C)CCCC(C)CCC(C)CCC[C@H](C)C2CCC(CCC[C@@H](C)CCOCC(CO)OCC[C@H](C)CCCC3CCC(C3)[C@@H](C)CCCC(C)CCC(C)CCCC(C)C3CCC(CCCC(C)CCOC(CN(C)C)COCC1)C3)C2. The molecule has 4 aliphatic carbocycles. The van der Waals surface area contributed by atoms with E-state index < -0.39 is 0 Å². The second-order valence-corrected chi connectivity index (χ2v) is 36.8. The molecule has 4 saturated carbocycles. The second kappa shape index (κ2) is 50.2. The van der Waals surface area contributed by atoms with Crippen molar-refractivity contribution < 1.29 is 24.1 Å². The van der Waals surface area contributed by atoms with Gasteiger partial charge in [-0.15, -0.1) is 0 Å². The molecule has 1 N–H and O–H groups in total. The van der Waals surface area contributed by atoms with Gasteiger partial charge in [0, 0.05) is 33.0 Å². The van der Waals surface area contributed by atoms with Crippen molar-refractivity contribution >= 4 is 0 Å². The van der Waals surface area contributed by atoms with Crippen LogP contribution in [0.15, 0.2) is 0 Å². The highest BCUT2D eigenvalue weighted by atomic mass is 16.5. The Kier molecular flexibility index (Phi) is 45.1. The molecule has 0 aromatic rings. The topological polar surface area (TPSA) is 60.4 Å². The molecule has 22 atom stereocenters. The van der Waals surface area contributed by atoms with Gasteiger partial charge in [0.1, 0.15) is 6.10 Å². The highest BCUT2D eigenvalue weighted by Crippen LogP contribution is 2.44. The molecule has 5 rings (SSSR count). The molecule has 5 fully saturated rings. The average molecular weight is 1320 g/mol. The summed E-state index contributed by atoms with van der Waals surface area (Å²) in [6, 6.07) is 0. The molecule has 0 radical (unpaired) electrons. The van der Waals surface area contributed by atoms with E-state index in [1.54, 1.807) is 0 Å². The average Bonchev–Trinajstić information content (AvgIpc) is 2.90. The van der Waals surface area contributed by atoms with Crippen molar-refractivity contribution in [1.29, 1.82) is 0 Å². The molecule has 1 heterocycles. The van der Waals surface area contributed by atoms with Gasteiger partial charge in [0.05, 0.1) is 25.9 Å². The minimum absolute atomic E-state index is 0.0536. The van der Waals surface area contributed by atoms with E-state index in [9.17, 15) is 5.11 Å². The maximum absolute atomic E-state index is 10.1. The fourth-order valence-corrected chi connectivity index (χ4v) is 19.6. The van der Waals surface area contributed by atoms with E-state index in [-0.39, 0.29) is 18.8 Å². The van der Waals surface area contributed by atoms with Crippen LogP contribution in [0.2, 0.25) is 0 Å². The highest BCUT2D eigenvalue weighted by Gasteiger charge is 2.33. The van der Waals surface area contributed by atoms with Crippen molar-refractivity contribution in [2.75, 3.05) is 66.9 Å². The van der Waals surface area contributed by atoms with E-state index in [1.807, 2.05) is 0 Å². The van der Waals surface area contributed by atoms with Gasteiger partial charge in [-0.2, -0.15) is 0 Å². The molecule has 1 aliphatic heterocycles. The quantitative estimate of drug-likeness (QED) is 0.304. The van der Waals surface area contributed by atoms with Gasteiger partial charge in [-0.25, -0.2) is 0 Å². The van der Waals surface area contributed by atoms with Crippen LogP contribution < -0.4 is 0 Å². The van der Waals surface area contributed by atoms with Crippen LogP contribution in [-0.4, -0.2) is 89.1 Å². The third-order valence-electron chi connectivity index (χ3n) is 27.3. The normalized spacial score (nSPS) is 40.1. The standard InChI is InChI=1S/C88H169NO5/c1-67-23-15-31-75(9)83-47-43-79(59-83)35-19-27-71(5)51-55-91-65-87(63-89(13)14)93-57-53-73(7)29-21-37-81-45-49-85(61-81)77(11)33-17-25-69(3)41-42-70(4)26-18-34-78(12)86-50-46-82(62-86)38-22-30-74(8)54-58-94-88(64-90)66-92-56-52-72(6)28-20-36-80-44-48-84(60-80)76(10)32-16-24-68(2)40-39-67/h67-88,90H,15-66H2,1-14H3/t67?,68?,69?,70?,71?,72-,73?,74-,75?,76+,77?,78+,79?,80?,81?,82?,83?,84?,85?,86?,87?,88?/m1/s1. The molecule has 0 amide bonds. The first kappa shape index (κ1) is 84.4. The van der Waals surface area contributed by atoms with Crippen LogP contribution >= 0.6 is 0 Å². The maximum atomic E-state index is 10.1. The first-order valence-electron chi connectivity index (χ1n) is 43.0. The van der Waals surface area contributed by atoms with Gasteiger partial charge in [-0.3, -0.25) is 0 Å². The number of rotatable bonds is 3. The minimum atomic E-state index is -0.193. The van der Waals surface area contributed by atoms with Gasteiger partial charge < -0.3 is 29.0 Å². The van der Waals surface area contributed by atoms with Crippen molar-refractivity contribution in [3.05, 3.63) is 0 Å². The molecular formula is C88H169NO5. The molecular weight excluding hydrogens is 1150 g/mol. The number of nitrogens with zero attached hydrogens (tertiary/aromatic N) is 1. The van der Waals surface area contributed by atoms with Crippen LogP contribution in [-0.2, 0) is 18.9 Å². The number of aliphatic hydroxyl groups is 1. The fourth-order valence-electron chi connectivity index (χ4n) is 19.6. The molecule has 556 valence electrons. The number of hydrogen-bond acceptors (Lipinski definition) is 6. The molecule has 8 bridgehead atoms. The molecule has 0 spiro atoms. The van der Waals surface area contributed by atoms with Crippen molar-refractivity contribution in [3.63, 3.8) is 0 Å². The van der Waals surface area contributed by atoms with Crippen LogP contribution in [0, 0.1) is 118 Å². The fraction of sp³-hybridized carbons (Fsp3) is 1.00. The Morgan fingerprint density at radius 1 is 0.266 bits per heavy atom. The molecule has 0 aromatic carbocycles. The zero-order valence-corrected chi connectivity index (χ0v) is 66.0. The third kappa shape index (κ3) is 37.6. The van der Waals surface area contributed by atoms with Gasteiger partial charge in [0.2, 0.25) is 0 Å². The summed E-state index contributed by atoms with van der Waals surface area (Å²) in [7, 11) is 4.35. The Bertz CT molecular complexity index is 1780. The van der Waals surface area contributed by atoms with E-state index in [1.165, 1.54) is 270 Å². The van der Waals surface area contributed by atoms with Crippen LogP contribution in [0.25, 0.3) is 0 Å². The zero-order chi connectivity index (χ0) is 67.9. The minimum Gasteiger partial charge on any atom is -0.394 e. The first-order valence-corrected chi connectivity index (χ1v) is 43.0.